The summed E-state index contributed by atoms with van der Waals surface area (Å²) in [7, 11) is 1.63. The minimum Gasteiger partial charge on any atom is -0.497 e. The van der Waals surface area contributed by atoms with Crippen molar-refractivity contribution < 1.29 is 19.4 Å². The van der Waals surface area contributed by atoms with Crippen molar-refractivity contribution in [3.63, 3.8) is 0 Å². The first-order valence-corrected chi connectivity index (χ1v) is 9.01. The van der Waals surface area contributed by atoms with Crippen molar-refractivity contribution in [1.29, 1.82) is 0 Å². The summed E-state index contributed by atoms with van der Waals surface area (Å²) in [5.41, 5.74) is 2.25. The van der Waals surface area contributed by atoms with Crippen molar-refractivity contribution in [2.24, 2.45) is 0 Å². The maximum Gasteiger partial charge on any atom is 0.336 e. The second kappa shape index (κ2) is 7.61. The molecule has 2 aromatic rings. The van der Waals surface area contributed by atoms with Gasteiger partial charge in [-0.05, 0) is 48.7 Å². The number of fused-ring (bicyclic) bond motifs is 1. The van der Waals surface area contributed by atoms with Crippen LogP contribution in [-0.2, 0) is 11.2 Å². The van der Waals surface area contributed by atoms with Gasteiger partial charge in [0, 0.05) is 17.1 Å². The first-order chi connectivity index (χ1) is 12.1. The number of carboxylic acids is 1. The van der Waals surface area contributed by atoms with Gasteiger partial charge in [-0.2, -0.15) is 0 Å². The first-order valence-electron chi connectivity index (χ1n) is 8.02. The highest BCUT2D eigenvalue weighted by atomic mass is 32.2. The van der Waals surface area contributed by atoms with E-state index >= 15 is 0 Å². The number of ether oxygens (including phenoxy) is 1. The van der Waals surface area contributed by atoms with Crippen LogP contribution < -0.4 is 9.64 Å². The van der Waals surface area contributed by atoms with Gasteiger partial charge >= 0.3 is 5.97 Å². The van der Waals surface area contributed by atoms with Crippen molar-refractivity contribution in [1.82, 2.24) is 0 Å². The molecule has 0 aromatic heterocycles. The summed E-state index contributed by atoms with van der Waals surface area (Å²) in [5, 5.41) is 9.24. The van der Waals surface area contributed by atoms with Crippen molar-refractivity contribution in [3.8, 4) is 5.75 Å². The molecule has 5 nitrogen and oxygen atoms in total. The second-order valence-electron chi connectivity index (χ2n) is 5.73. The fraction of sp³-hybridized carbons (Fsp3) is 0.263. The monoisotopic (exact) mass is 357 g/mol. The van der Waals surface area contributed by atoms with Gasteiger partial charge in [0.2, 0.25) is 5.91 Å². The number of carbonyl (C=O) groups is 2. The number of hydrogen-bond acceptors (Lipinski definition) is 4. The van der Waals surface area contributed by atoms with Crippen molar-refractivity contribution in [3.05, 3.63) is 53.6 Å². The summed E-state index contributed by atoms with van der Waals surface area (Å²) in [5.74, 6) is -0.00413. The summed E-state index contributed by atoms with van der Waals surface area (Å²) >= 11 is 1.26. The highest BCUT2D eigenvalue weighted by Crippen LogP contribution is 2.31. The third-order valence-corrected chi connectivity index (χ3v) is 5.23. The van der Waals surface area contributed by atoms with E-state index in [1.165, 1.54) is 11.8 Å². The Kier molecular flexibility index (Phi) is 5.28. The van der Waals surface area contributed by atoms with Gasteiger partial charge in [0.1, 0.15) is 5.75 Å². The number of hydrogen-bond donors (Lipinski definition) is 1. The predicted molar refractivity (Wildman–Crippen MR) is 97.8 cm³/mol. The molecule has 0 aliphatic carbocycles. The van der Waals surface area contributed by atoms with Gasteiger partial charge in [-0.3, -0.25) is 4.79 Å². The van der Waals surface area contributed by atoms with Crippen LogP contribution in [0.5, 0.6) is 5.75 Å². The quantitative estimate of drug-likeness (QED) is 0.830. The van der Waals surface area contributed by atoms with E-state index < -0.39 is 5.97 Å². The van der Waals surface area contributed by atoms with Crippen LogP contribution >= 0.6 is 11.8 Å². The van der Waals surface area contributed by atoms with Crippen LogP contribution in [0.25, 0.3) is 0 Å². The third kappa shape index (κ3) is 3.79. The average molecular weight is 357 g/mol. The molecule has 1 aliphatic rings. The third-order valence-electron chi connectivity index (χ3n) is 4.17. The number of nitrogens with zero attached hydrogens (tertiary/aromatic N) is 1. The van der Waals surface area contributed by atoms with E-state index in [2.05, 4.69) is 0 Å². The molecule has 0 saturated heterocycles. The van der Waals surface area contributed by atoms with Crippen LogP contribution in [0, 0.1) is 0 Å². The zero-order chi connectivity index (χ0) is 17.8. The van der Waals surface area contributed by atoms with Crippen LogP contribution in [0.4, 0.5) is 5.69 Å². The number of aryl methyl sites for hydroxylation is 1. The van der Waals surface area contributed by atoms with Gasteiger partial charge in [-0.15, -0.1) is 11.8 Å². The Hall–Kier alpha value is -2.47. The summed E-state index contributed by atoms with van der Waals surface area (Å²) < 4.78 is 5.25. The molecule has 1 N–H and O–H groups in total. The highest BCUT2D eigenvalue weighted by Gasteiger charge is 2.23. The molecule has 0 bridgehead atoms. The lowest BCUT2D eigenvalue weighted by molar-refractivity contribution is -0.116. The molecule has 0 atom stereocenters. The Morgan fingerprint density at radius 1 is 1.24 bits per heavy atom. The molecule has 3 rings (SSSR count). The zero-order valence-electron chi connectivity index (χ0n) is 13.9. The van der Waals surface area contributed by atoms with Crippen molar-refractivity contribution in [2.75, 3.05) is 24.3 Å². The fourth-order valence-electron chi connectivity index (χ4n) is 2.95. The van der Waals surface area contributed by atoms with Crippen LogP contribution in [0.15, 0.2) is 47.4 Å². The second-order valence-corrected chi connectivity index (χ2v) is 6.75. The number of anilines is 1. The largest absolute Gasteiger partial charge is 0.497 e. The Balaban J connectivity index is 1.74. The van der Waals surface area contributed by atoms with E-state index in [1.807, 2.05) is 18.2 Å². The lowest BCUT2D eigenvalue weighted by Crippen LogP contribution is -2.36. The maximum atomic E-state index is 12.7. The number of methoxy groups -OCH3 is 1. The van der Waals surface area contributed by atoms with E-state index in [1.54, 1.807) is 36.3 Å². The number of thioether (sulfide) groups is 1. The van der Waals surface area contributed by atoms with Crippen LogP contribution in [0.2, 0.25) is 0 Å². The molecule has 25 heavy (non-hydrogen) atoms. The topological polar surface area (TPSA) is 66.8 Å². The van der Waals surface area contributed by atoms with E-state index in [0.717, 1.165) is 29.8 Å². The van der Waals surface area contributed by atoms with Crippen LogP contribution in [0.3, 0.4) is 0 Å². The van der Waals surface area contributed by atoms with Crippen molar-refractivity contribution >= 4 is 29.3 Å². The van der Waals surface area contributed by atoms with E-state index in [-0.39, 0.29) is 17.2 Å². The molecule has 0 unspecified atom stereocenters. The smallest absolute Gasteiger partial charge is 0.336 e. The van der Waals surface area contributed by atoms with Gasteiger partial charge in [-0.1, -0.05) is 12.1 Å². The van der Waals surface area contributed by atoms with Crippen molar-refractivity contribution in [2.45, 2.75) is 17.7 Å². The zero-order valence-corrected chi connectivity index (χ0v) is 14.7. The normalized spacial score (nSPS) is 13.2. The summed E-state index contributed by atoms with van der Waals surface area (Å²) in [6, 6.07) is 12.5. The summed E-state index contributed by atoms with van der Waals surface area (Å²) in [6.07, 6.45) is 1.83. The van der Waals surface area contributed by atoms with Crippen LogP contribution in [0.1, 0.15) is 22.3 Å². The Bertz CT molecular complexity index is 806. The molecule has 0 radical (unpaired) electrons. The molecule has 1 amide bonds. The first kappa shape index (κ1) is 17.4. The number of aromatic carboxylic acids is 1. The molecule has 0 saturated carbocycles. The molecular formula is C19H19NO4S. The van der Waals surface area contributed by atoms with E-state index in [0.29, 0.717) is 11.4 Å². The van der Waals surface area contributed by atoms with E-state index in [4.69, 9.17) is 4.74 Å². The molecule has 1 heterocycles. The molecule has 0 spiro atoms. The highest BCUT2D eigenvalue weighted by molar-refractivity contribution is 8.00. The van der Waals surface area contributed by atoms with E-state index in [9.17, 15) is 14.7 Å². The molecular weight excluding hydrogens is 338 g/mol. The lowest BCUT2D eigenvalue weighted by atomic mass is 10.0. The van der Waals surface area contributed by atoms with Gasteiger partial charge in [0.15, 0.2) is 0 Å². The molecule has 2 aromatic carbocycles. The Morgan fingerprint density at radius 3 is 2.80 bits per heavy atom. The fourth-order valence-corrected chi connectivity index (χ4v) is 3.87. The standard InChI is InChI=1S/C19H19NO4S/c1-24-14-8-9-16-13(11-14)5-4-10-20(16)18(21)12-25-17-7-3-2-6-15(17)19(22)23/h2-3,6-9,11H,4-5,10,12H2,1H3,(H,22,23). The van der Waals surface area contributed by atoms with Gasteiger partial charge in [-0.25, -0.2) is 4.79 Å². The molecule has 130 valence electrons. The van der Waals surface area contributed by atoms with Crippen LogP contribution in [-0.4, -0.2) is 36.4 Å². The summed E-state index contributed by atoms with van der Waals surface area (Å²) in [4.78, 5) is 26.4. The molecule has 1 aliphatic heterocycles. The number of amides is 1. The van der Waals surface area contributed by atoms with Gasteiger partial charge < -0.3 is 14.7 Å². The Morgan fingerprint density at radius 2 is 2.04 bits per heavy atom. The number of benzene rings is 2. The molecule has 6 heteroatoms. The molecule has 0 fully saturated rings. The lowest BCUT2D eigenvalue weighted by Gasteiger charge is -2.29. The minimum atomic E-state index is -0.981. The number of carbonyl (C=O) groups excluding carboxylic acids is 1. The predicted octanol–water partition coefficient (Wildman–Crippen LogP) is 3.46. The maximum absolute atomic E-state index is 12.7. The summed E-state index contributed by atoms with van der Waals surface area (Å²) in [6.45, 7) is 0.680. The number of rotatable bonds is 5. The van der Waals surface area contributed by atoms with Gasteiger partial charge in [0.25, 0.3) is 0 Å². The minimum absolute atomic E-state index is 0.0173. The van der Waals surface area contributed by atoms with Gasteiger partial charge in [0.05, 0.1) is 18.4 Å². The average Bonchev–Trinajstić information content (AvgIpc) is 2.65. The SMILES string of the molecule is COc1ccc2c(c1)CCCN2C(=O)CSc1ccccc1C(=O)O. The number of carboxylic acid groups (broad SMARTS) is 1. The Labute approximate surface area is 150 Å².